The van der Waals surface area contributed by atoms with E-state index in [-0.39, 0.29) is 10.9 Å². The molecule has 0 fully saturated rings. The third-order valence-electron chi connectivity index (χ3n) is 4.84. The van der Waals surface area contributed by atoms with Gasteiger partial charge in [0, 0.05) is 10.9 Å². The first-order chi connectivity index (χ1) is 13.2. The second kappa shape index (κ2) is 7.92. The highest BCUT2D eigenvalue weighted by Gasteiger charge is 2.26. The molecule has 0 aliphatic heterocycles. The highest BCUT2D eigenvalue weighted by molar-refractivity contribution is 7.28. The van der Waals surface area contributed by atoms with Gasteiger partial charge in [0.25, 0.3) is 0 Å². The first-order valence-electron chi connectivity index (χ1n) is 8.63. The van der Waals surface area contributed by atoms with E-state index in [2.05, 4.69) is 0 Å². The average molecular weight is 406 g/mol. The number of hydrogen-bond donors (Lipinski definition) is 0. The van der Waals surface area contributed by atoms with E-state index >= 15 is 0 Å². The van der Waals surface area contributed by atoms with Crippen molar-refractivity contribution in [3.05, 3.63) is 81.9 Å². The molecule has 0 aliphatic carbocycles. The molecule has 3 aromatic carbocycles. The molecule has 0 heterocycles. The Balaban J connectivity index is 2.09. The summed E-state index contributed by atoms with van der Waals surface area (Å²) >= 11 is 0. The SMILES string of the molecule is Cc1cc(OCc2ccccc2)c(C)c(C)c1-c1c(F)c(F)c(F)c(F)c1P. The lowest BCUT2D eigenvalue weighted by molar-refractivity contribution is 0.303. The molecule has 0 N–H and O–H groups in total. The van der Waals surface area contributed by atoms with Crippen LogP contribution in [0.5, 0.6) is 5.75 Å². The molecular formula is C22H19F4OP. The summed E-state index contributed by atoms with van der Waals surface area (Å²) < 4.78 is 61.8. The molecule has 0 amide bonds. The maximum Gasteiger partial charge on any atom is 0.198 e. The van der Waals surface area contributed by atoms with E-state index in [9.17, 15) is 17.6 Å². The van der Waals surface area contributed by atoms with Crippen molar-refractivity contribution in [1.82, 2.24) is 0 Å². The zero-order valence-corrected chi connectivity index (χ0v) is 16.8. The summed E-state index contributed by atoms with van der Waals surface area (Å²) in [7, 11) is 1.97. The van der Waals surface area contributed by atoms with E-state index < -0.39 is 23.3 Å². The van der Waals surface area contributed by atoms with Gasteiger partial charge in [-0.2, -0.15) is 0 Å². The van der Waals surface area contributed by atoms with Crippen LogP contribution in [0.1, 0.15) is 22.3 Å². The van der Waals surface area contributed by atoms with Crippen molar-refractivity contribution in [2.45, 2.75) is 27.4 Å². The van der Waals surface area contributed by atoms with E-state index in [1.54, 1.807) is 26.8 Å². The number of benzene rings is 3. The van der Waals surface area contributed by atoms with E-state index in [0.717, 1.165) is 5.56 Å². The highest BCUT2D eigenvalue weighted by atomic mass is 31.0. The van der Waals surface area contributed by atoms with Gasteiger partial charge in [-0.15, -0.1) is 9.24 Å². The first kappa shape index (κ1) is 20.3. The molecule has 0 saturated carbocycles. The lowest BCUT2D eigenvalue weighted by Crippen LogP contribution is -2.14. The van der Waals surface area contributed by atoms with Gasteiger partial charge >= 0.3 is 0 Å². The first-order valence-corrected chi connectivity index (χ1v) is 9.21. The number of halogens is 4. The van der Waals surface area contributed by atoms with Crippen molar-refractivity contribution >= 4 is 14.5 Å². The molecule has 0 spiro atoms. The Morgan fingerprint density at radius 1 is 0.786 bits per heavy atom. The molecule has 0 aliphatic rings. The zero-order chi connectivity index (χ0) is 20.6. The Labute approximate surface area is 163 Å². The summed E-state index contributed by atoms with van der Waals surface area (Å²) in [6.07, 6.45) is 0. The van der Waals surface area contributed by atoms with Crippen LogP contribution in [-0.2, 0) is 6.61 Å². The van der Waals surface area contributed by atoms with Crippen LogP contribution in [0, 0.1) is 44.0 Å². The van der Waals surface area contributed by atoms with Crippen LogP contribution in [0.15, 0.2) is 36.4 Å². The molecule has 6 heteroatoms. The largest absolute Gasteiger partial charge is 0.489 e. The molecule has 0 saturated heterocycles. The molecule has 3 aromatic rings. The van der Waals surface area contributed by atoms with E-state index in [4.69, 9.17) is 4.74 Å². The van der Waals surface area contributed by atoms with Crippen molar-refractivity contribution in [1.29, 1.82) is 0 Å². The molecule has 1 nitrogen and oxygen atoms in total. The smallest absolute Gasteiger partial charge is 0.198 e. The quantitative estimate of drug-likeness (QED) is 0.226. The standard InChI is InChI=1S/C22H19F4OP/c1-11-9-15(27-10-14-7-5-4-6-8-14)12(2)13(3)16(11)17-18(23)19(24)20(25)21(26)22(17)28/h4-9H,10,28H2,1-3H3. The zero-order valence-electron chi connectivity index (χ0n) is 15.7. The summed E-state index contributed by atoms with van der Waals surface area (Å²) in [6, 6.07) is 11.3. The van der Waals surface area contributed by atoms with Crippen molar-refractivity contribution in [3.63, 3.8) is 0 Å². The Bertz CT molecular complexity index is 1020. The molecular weight excluding hydrogens is 387 g/mol. The number of hydrogen-bond acceptors (Lipinski definition) is 1. The van der Waals surface area contributed by atoms with Crippen molar-refractivity contribution in [2.75, 3.05) is 0 Å². The van der Waals surface area contributed by atoms with Crippen LogP contribution >= 0.6 is 9.24 Å². The minimum Gasteiger partial charge on any atom is -0.489 e. The van der Waals surface area contributed by atoms with Crippen molar-refractivity contribution in [3.8, 4) is 16.9 Å². The average Bonchev–Trinajstić information content (AvgIpc) is 2.70. The van der Waals surface area contributed by atoms with Gasteiger partial charge in [-0.05, 0) is 54.7 Å². The van der Waals surface area contributed by atoms with Gasteiger partial charge in [0.1, 0.15) is 12.4 Å². The number of aryl methyl sites for hydroxylation is 1. The monoisotopic (exact) mass is 406 g/mol. The summed E-state index contributed by atoms with van der Waals surface area (Å²) in [5, 5.41) is -0.347. The van der Waals surface area contributed by atoms with Crippen molar-refractivity contribution in [2.24, 2.45) is 0 Å². The molecule has 1 atom stereocenters. The van der Waals surface area contributed by atoms with Gasteiger partial charge in [0.05, 0.1) is 0 Å². The fourth-order valence-corrected chi connectivity index (χ4v) is 3.61. The fraction of sp³-hybridized carbons (Fsp3) is 0.182. The molecule has 146 valence electrons. The molecule has 0 radical (unpaired) electrons. The normalized spacial score (nSPS) is 11.0. The van der Waals surface area contributed by atoms with Crippen LogP contribution in [0.4, 0.5) is 17.6 Å². The molecule has 0 bridgehead atoms. The van der Waals surface area contributed by atoms with Gasteiger partial charge in [0.2, 0.25) is 0 Å². The number of ether oxygens (including phenoxy) is 1. The summed E-state index contributed by atoms with van der Waals surface area (Å²) in [5.41, 5.74) is 2.90. The maximum absolute atomic E-state index is 14.5. The van der Waals surface area contributed by atoms with Crippen LogP contribution < -0.4 is 10.0 Å². The van der Waals surface area contributed by atoms with E-state index in [0.29, 0.717) is 34.6 Å². The lowest BCUT2D eigenvalue weighted by atomic mass is 9.91. The Morgan fingerprint density at radius 3 is 2.04 bits per heavy atom. The molecule has 0 aromatic heterocycles. The summed E-state index contributed by atoms with van der Waals surface area (Å²) in [6.45, 7) is 5.55. The Morgan fingerprint density at radius 2 is 1.39 bits per heavy atom. The lowest BCUT2D eigenvalue weighted by Gasteiger charge is -2.20. The predicted molar refractivity (Wildman–Crippen MR) is 106 cm³/mol. The van der Waals surface area contributed by atoms with Crippen molar-refractivity contribution < 1.29 is 22.3 Å². The second-order valence-corrected chi connectivity index (χ2v) is 7.21. The van der Waals surface area contributed by atoms with Gasteiger partial charge in [-0.3, -0.25) is 0 Å². The van der Waals surface area contributed by atoms with Crippen LogP contribution in [-0.4, -0.2) is 0 Å². The van der Waals surface area contributed by atoms with Gasteiger partial charge in [-0.1, -0.05) is 30.3 Å². The minimum atomic E-state index is -1.82. The topological polar surface area (TPSA) is 9.23 Å². The number of rotatable bonds is 4. The van der Waals surface area contributed by atoms with Gasteiger partial charge < -0.3 is 4.74 Å². The van der Waals surface area contributed by atoms with Gasteiger partial charge in [0.15, 0.2) is 23.3 Å². The maximum atomic E-state index is 14.5. The third kappa shape index (κ3) is 3.51. The summed E-state index contributed by atoms with van der Waals surface area (Å²) in [4.78, 5) is 0. The fourth-order valence-electron chi connectivity index (χ4n) is 3.21. The Kier molecular flexibility index (Phi) is 5.76. The minimum absolute atomic E-state index is 0.297. The summed E-state index contributed by atoms with van der Waals surface area (Å²) in [5.74, 6) is -5.87. The third-order valence-corrected chi connectivity index (χ3v) is 5.38. The predicted octanol–water partition coefficient (Wildman–Crippen LogP) is 5.91. The molecule has 1 unspecified atom stereocenters. The van der Waals surface area contributed by atoms with Crippen LogP contribution in [0.2, 0.25) is 0 Å². The van der Waals surface area contributed by atoms with Crippen LogP contribution in [0.25, 0.3) is 11.1 Å². The van der Waals surface area contributed by atoms with Crippen LogP contribution in [0.3, 0.4) is 0 Å². The van der Waals surface area contributed by atoms with Gasteiger partial charge in [-0.25, -0.2) is 17.6 Å². The molecule has 3 rings (SSSR count). The highest BCUT2D eigenvalue weighted by Crippen LogP contribution is 2.37. The van der Waals surface area contributed by atoms with E-state index in [1.165, 1.54) is 0 Å². The second-order valence-electron chi connectivity index (χ2n) is 6.64. The van der Waals surface area contributed by atoms with E-state index in [1.807, 2.05) is 39.6 Å². The Hall–Kier alpha value is -2.39. The molecule has 28 heavy (non-hydrogen) atoms.